The van der Waals surface area contributed by atoms with E-state index in [0.29, 0.717) is 0 Å². The van der Waals surface area contributed by atoms with Crippen LogP contribution in [0.1, 0.15) is 0 Å². The van der Waals surface area contributed by atoms with Crippen LogP contribution < -0.4 is 0 Å². The van der Waals surface area contributed by atoms with Crippen molar-refractivity contribution in [3.63, 3.8) is 0 Å². The molecule has 0 atom stereocenters. The third-order valence-corrected chi connectivity index (χ3v) is 4.39. The molecule has 0 saturated carbocycles. The van der Waals surface area contributed by atoms with Crippen LogP contribution in [0.5, 0.6) is 0 Å². The van der Waals surface area contributed by atoms with Gasteiger partial charge in [-0.05, 0) is 0 Å². The van der Waals surface area contributed by atoms with E-state index in [4.69, 9.17) is 0 Å². The number of alkyl halides is 6. The minimum absolute atomic E-state index is 0.219. The number of rotatable bonds is 1. The second-order valence-electron chi connectivity index (χ2n) is 1.34. The summed E-state index contributed by atoms with van der Waals surface area (Å²) < 4.78 is 33.2. The van der Waals surface area contributed by atoms with E-state index < -0.39 is 9.41 Å². The first kappa shape index (κ1) is 10.2. The van der Waals surface area contributed by atoms with Crippen LogP contribution in [-0.4, -0.2) is 14.7 Å². The predicted molar refractivity (Wildman–Crippen MR) is 40.4 cm³/mol. The van der Waals surface area contributed by atoms with Gasteiger partial charge in [0.15, 0.2) is 3.23 Å². The third kappa shape index (κ3) is 2.76. The molecule has 0 amide bonds. The fourth-order valence-corrected chi connectivity index (χ4v) is 0.394. The molecule has 0 nitrogen and oxygen atoms in total. The van der Waals surface area contributed by atoms with Crippen molar-refractivity contribution in [2.24, 2.45) is 0 Å². The zero-order valence-corrected chi connectivity index (χ0v) is 8.73. The summed E-state index contributed by atoms with van der Waals surface area (Å²) >= 11 is 7.59. The molecule has 0 fully saturated rings. The van der Waals surface area contributed by atoms with E-state index >= 15 is 0 Å². The molecule has 0 bridgehead atoms. The van der Waals surface area contributed by atoms with Crippen molar-refractivity contribution in [2.45, 2.75) is 9.41 Å². The molecule has 0 heterocycles. The standard InChI is InChI=1S/C3H2Br3F3/c4-1-2(5,6)3(7,8)9/h1H2. The molecular weight excluding hydrogens is 333 g/mol. The molecule has 0 aliphatic rings. The lowest BCUT2D eigenvalue weighted by molar-refractivity contribution is -0.129. The molecule has 0 aromatic heterocycles. The van der Waals surface area contributed by atoms with Crippen LogP contribution in [0, 0.1) is 0 Å². The number of halogens is 6. The second kappa shape index (κ2) is 3.09. The van der Waals surface area contributed by atoms with Crippen molar-refractivity contribution in [2.75, 3.05) is 5.33 Å². The lowest BCUT2D eigenvalue weighted by Gasteiger charge is -2.20. The number of hydrogen-bond acceptors (Lipinski definition) is 0. The van der Waals surface area contributed by atoms with Gasteiger partial charge in [0.05, 0.1) is 0 Å². The highest BCUT2D eigenvalue weighted by atomic mass is 79.9. The van der Waals surface area contributed by atoms with Crippen LogP contribution >= 0.6 is 47.8 Å². The molecule has 0 rings (SSSR count). The smallest absolute Gasteiger partial charge is 0.168 e. The first-order valence-corrected chi connectivity index (χ1v) is 4.52. The van der Waals surface area contributed by atoms with Gasteiger partial charge in [-0.15, -0.1) is 0 Å². The zero-order chi connectivity index (χ0) is 7.71. The summed E-state index contributed by atoms with van der Waals surface area (Å²) in [5.74, 6) is 0. The summed E-state index contributed by atoms with van der Waals surface area (Å²) in [6, 6.07) is 0. The Hall–Kier alpha value is 1.23. The molecule has 0 spiro atoms. The first-order valence-electron chi connectivity index (χ1n) is 1.82. The molecule has 0 aliphatic heterocycles. The zero-order valence-electron chi connectivity index (χ0n) is 3.97. The van der Waals surface area contributed by atoms with Crippen LogP contribution in [0.15, 0.2) is 0 Å². The molecule has 0 radical (unpaired) electrons. The summed E-state index contributed by atoms with van der Waals surface area (Å²) in [5, 5.41) is -0.219. The molecular formula is C3H2Br3F3. The highest BCUT2D eigenvalue weighted by Gasteiger charge is 2.50. The lowest BCUT2D eigenvalue weighted by atomic mass is 10.5. The Kier molecular flexibility index (Phi) is 3.51. The van der Waals surface area contributed by atoms with Crippen LogP contribution in [-0.2, 0) is 0 Å². The van der Waals surface area contributed by atoms with Crippen LogP contribution in [0.3, 0.4) is 0 Å². The maximum atomic E-state index is 11.7. The minimum Gasteiger partial charge on any atom is -0.168 e. The molecule has 56 valence electrons. The lowest BCUT2D eigenvalue weighted by Crippen LogP contribution is -2.34. The monoisotopic (exact) mass is 332 g/mol. The largest absolute Gasteiger partial charge is 0.414 e. The summed E-state index contributed by atoms with van der Waals surface area (Å²) in [6.07, 6.45) is -4.27. The average Bonchev–Trinajstić information content (AvgIpc) is 1.64. The van der Waals surface area contributed by atoms with E-state index in [1.165, 1.54) is 0 Å². The van der Waals surface area contributed by atoms with Gasteiger partial charge >= 0.3 is 6.18 Å². The fraction of sp³-hybridized carbons (Fsp3) is 1.00. The molecule has 0 aromatic rings. The van der Waals surface area contributed by atoms with Gasteiger partial charge in [0, 0.05) is 5.33 Å². The second-order valence-corrected chi connectivity index (χ2v) is 5.67. The van der Waals surface area contributed by atoms with Gasteiger partial charge in [0.2, 0.25) is 0 Å². The molecule has 0 aliphatic carbocycles. The van der Waals surface area contributed by atoms with Crippen molar-refractivity contribution in [3.05, 3.63) is 0 Å². The Morgan fingerprint density at radius 1 is 1.11 bits per heavy atom. The maximum Gasteiger partial charge on any atom is 0.414 e. The van der Waals surface area contributed by atoms with Crippen molar-refractivity contribution in [1.29, 1.82) is 0 Å². The van der Waals surface area contributed by atoms with Gasteiger partial charge in [0.1, 0.15) is 0 Å². The normalized spacial score (nSPS) is 14.0. The van der Waals surface area contributed by atoms with Gasteiger partial charge in [-0.25, -0.2) is 0 Å². The summed E-state index contributed by atoms with van der Waals surface area (Å²) in [5.41, 5.74) is 0. The van der Waals surface area contributed by atoms with Gasteiger partial charge in [-0.2, -0.15) is 13.2 Å². The van der Waals surface area contributed by atoms with E-state index in [1.807, 2.05) is 0 Å². The van der Waals surface area contributed by atoms with E-state index in [9.17, 15) is 13.2 Å². The Balaban J connectivity index is 4.14. The minimum atomic E-state index is -4.27. The van der Waals surface area contributed by atoms with Crippen molar-refractivity contribution < 1.29 is 13.2 Å². The summed E-state index contributed by atoms with van der Waals surface area (Å²) in [4.78, 5) is 0. The Labute approximate surface area is 75.6 Å². The van der Waals surface area contributed by atoms with E-state index in [-0.39, 0.29) is 5.33 Å². The molecule has 0 N–H and O–H groups in total. The van der Waals surface area contributed by atoms with Crippen molar-refractivity contribution in [1.82, 2.24) is 0 Å². The van der Waals surface area contributed by atoms with E-state index in [1.54, 1.807) is 0 Å². The SMILES string of the molecule is FC(F)(F)C(Br)(Br)CBr. The van der Waals surface area contributed by atoms with Crippen LogP contribution in [0.2, 0.25) is 0 Å². The fourth-order valence-electron chi connectivity index (χ4n) is 0.0758. The Morgan fingerprint density at radius 3 is 1.44 bits per heavy atom. The molecule has 0 aromatic carbocycles. The molecule has 0 unspecified atom stereocenters. The van der Waals surface area contributed by atoms with E-state index in [2.05, 4.69) is 47.8 Å². The highest BCUT2D eigenvalue weighted by molar-refractivity contribution is 9.26. The Bertz CT molecular complexity index is 97.0. The number of hydrogen-bond donors (Lipinski definition) is 0. The van der Waals surface area contributed by atoms with Crippen molar-refractivity contribution >= 4 is 47.8 Å². The quantitative estimate of drug-likeness (QED) is 0.645. The van der Waals surface area contributed by atoms with Gasteiger partial charge in [-0.1, -0.05) is 47.8 Å². The molecule has 0 saturated heterocycles. The van der Waals surface area contributed by atoms with Crippen molar-refractivity contribution in [3.8, 4) is 0 Å². The summed E-state index contributed by atoms with van der Waals surface area (Å²) in [6.45, 7) is 0. The third-order valence-electron chi connectivity index (χ3n) is 0.583. The van der Waals surface area contributed by atoms with Gasteiger partial charge in [-0.3, -0.25) is 0 Å². The first-order chi connectivity index (χ1) is 3.81. The van der Waals surface area contributed by atoms with Crippen LogP contribution in [0.25, 0.3) is 0 Å². The average molecular weight is 335 g/mol. The topological polar surface area (TPSA) is 0 Å². The predicted octanol–water partition coefficient (Wildman–Crippen LogP) is 3.43. The van der Waals surface area contributed by atoms with E-state index in [0.717, 1.165) is 0 Å². The Morgan fingerprint density at radius 2 is 1.44 bits per heavy atom. The van der Waals surface area contributed by atoms with Gasteiger partial charge < -0.3 is 0 Å². The molecule has 9 heavy (non-hydrogen) atoms. The maximum absolute atomic E-state index is 11.7. The van der Waals surface area contributed by atoms with Gasteiger partial charge in [0.25, 0.3) is 0 Å². The molecule has 6 heteroatoms. The highest BCUT2D eigenvalue weighted by Crippen LogP contribution is 2.44. The van der Waals surface area contributed by atoms with Crippen LogP contribution in [0.4, 0.5) is 13.2 Å². The summed E-state index contributed by atoms with van der Waals surface area (Å²) in [7, 11) is 0.